The van der Waals surface area contributed by atoms with Gasteiger partial charge in [-0.25, -0.2) is 9.59 Å². The molecule has 0 radical (unpaired) electrons. The van der Waals surface area contributed by atoms with Crippen LogP contribution in [0.25, 0.3) is 6.08 Å². The maximum absolute atomic E-state index is 12.7. The third-order valence-corrected chi connectivity index (χ3v) is 5.72. The molecule has 2 saturated heterocycles. The van der Waals surface area contributed by atoms with E-state index in [1.807, 2.05) is 6.07 Å². The van der Waals surface area contributed by atoms with E-state index in [1.165, 1.54) is 4.90 Å². The molecule has 1 unspecified atom stereocenters. The number of hydrogen-bond donors (Lipinski definition) is 2. The number of ether oxygens (including phenoxy) is 1. The number of alkyl carbamates (subject to hydrolysis) is 1. The molecule has 9 heteroatoms. The molecule has 3 atom stereocenters. The molecular weight excluding hydrogens is 400 g/mol. The number of pyridine rings is 2. The van der Waals surface area contributed by atoms with E-state index in [0.717, 1.165) is 5.56 Å². The van der Waals surface area contributed by atoms with Gasteiger partial charge >= 0.3 is 12.1 Å². The average Bonchev–Trinajstić information content (AvgIpc) is 3.06. The number of carbonyl (C=O) groups is 3. The summed E-state index contributed by atoms with van der Waals surface area (Å²) in [6.45, 7) is 1.87. The van der Waals surface area contributed by atoms with Crippen LogP contribution in [0.2, 0.25) is 0 Å². The van der Waals surface area contributed by atoms with Crippen LogP contribution in [0.3, 0.4) is 0 Å². The number of carboxylic acid groups (broad SMARTS) is 1. The predicted octanol–water partition coefficient (Wildman–Crippen LogP) is 1.86. The van der Waals surface area contributed by atoms with Crippen molar-refractivity contribution in [3.8, 4) is 0 Å². The Morgan fingerprint density at radius 3 is 2.74 bits per heavy atom. The van der Waals surface area contributed by atoms with E-state index in [2.05, 4.69) is 15.3 Å². The smallest absolute Gasteiger partial charge is 0.407 e. The van der Waals surface area contributed by atoms with Gasteiger partial charge in [0.05, 0.1) is 11.7 Å². The zero-order valence-electron chi connectivity index (χ0n) is 16.9. The van der Waals surface area contributed by atoms with Crippen molar-refractivity contribution in [3.05, 3.63) is 65.8 Å². The fraction of sp³-hybridized carbons (Fsp3) is 0.318. The second-order valence-electron chi connectivity index (χ2n) is 7.97. The van der Waals surface area contributed by atoms with Crippen LogP contribution in [-0.4, -0.2) is 56.6 Å². The van der Waals surface area contributed by atoms with Gasteiger partial charge in [-0.15, -0.1) is 0 Å². The molecule has 0 aromatic carbocycles. The quantitative estimate of drug-likeness (QED) is 0.538. The van der Waals surface area contributed by atoms with Gasteiger partial charge in [0.25, 0.3) is 5.91 Å². The Labute approximate surface area is 178 Å². The predicted molar refractivity (Wildman–Crippen MR) is 109 cm³/mol. The van der Waals surface area contributed by atoms with Crippen LogP contribution in [0.1, 0.15) is 24.6 Å². The number of amides is 2. The Kier molecular flexibility index (Phi) is 5.41. The van der Waals surface area contributed by atoms with Crippen LogP contribution in [0.4, 0.5) is 4.79 Å². The molecule has 31 heavy (non-hydrogen) atoms. The van der Waals surface area contributed by atoms with Crippen molar-refractivity contribution in [1.82, 2.24) is 20.2 Å². The molecule has 0 aliphatic carbocycles. The summed E-state index contributed by atoms with van der Waals surface area (Å²) in [5, 5.41) is 12.4. The lowest BCUT2D eigenvalue weighted by molar-refractivity contribution is -0.155. The van der Waals surface area contributed by atoms with Gasteiger partial charge in [0.2, 0.25) is 0 Å². The topological polar surface area (TPSA) is 122 Å². The number of fused-ring (bicyclic) bond motifs is 1. The molecule has 4 heterocycles. The summed E-state index contributed by atoms with van der Waals surface area (Å²) < 4.78 is 5.35. The van der Waals surface area contributed by atoms with Crippen LogP contribution in [0.5, 0.6) is 0 Å². The lowest BCUT2D eigenvalue weighted by atomic mass is 9.81. The largest absolute Gasteiger partial charge is 0.480 e. The van der Waals surface area contributed by atoms with Crippen molar-refractivity contribution in [2.75, 3.05) is 6.61 Å². The number of carboxylic acids is 1. The monoisotopic (exact) mass is 422 g/mol. The highest BCUT2D eigenvalue weighted by atomic mass is 16.5. The van der Waals surface area contributed by atoms with E-state index in [0.29, 0.717) is 17.7 Å². The number of nitrogens with one attached hydrogen (secondary N) is 1. The van der Waals surface area contributed by atoms with Gasteiger partial charge in [-0.3, -0.25) is 14.8 Å². The summed E-state index contributed by atoms with van der Waals surface area (Å²) in [7, 11) is 0. The lowest BCUT2D eigenvalue weighted by Crippen LogP contribution is -2.58. The number of rotatable bonds is 6. The molecular formula is C22H22N4O5. The van der Waals surface area contributed by atoms with Crippen molar-refractivity contribution in [1.29, 1.82) is 0 Å². The molecule has 0 bridgehead atoms. The minimum Gasteiger partial charge on any atom is -0.480 e. The van der Waals surface area contributed by atoms with E-state index in [1.54, 1.807) is 55.9 Å². The zero-order valence-corrected chi connectivity index (χ0v) is 16.9. The molecule has 2 fully saturated rings. The summed E-state index contributed by atoms with van der Waals surface area (Å²) in [4.78, 5) is 46.3. The normalized spacial score (nSPS) is 25.6. The Balaban J connectivity index is 1.43. The van der Waals surface area contributed by atoms with Gasteiger partial charge in [0.15, 0.2) is 0 Å². The third kappa shape index (κ3) is 3.98. The van der Waals surface area contributed by atoms with Crippen molar-refractivity contribution in [2.24, 2.45) is 5.41 Å². The van der Waals surface area contributed by atoms with E-state index < -0.39 is 23.5 Å². The molecule has 0 spiro atoms. The van der Waals surface area contributed by atoms with Crippen molar-refractivity contribution < 1.29 is 24.2 Å². The summed E-state index contributed by atoms with van der Waals surface area (Å²) >= 11 is 0. The molecule has 0 saturated carbocycles. The Morgan fingerprint density at radius 1 is 1.29 bits per heavy atom. The SMILES string of the molecule is C[C@@]1(COC(=O)NCc2ccncc2)CC2/C(=C\c3ccccn3)C(=O)N2[C@H]1C(=O)O. The first-order chi connectivity index (χ1) is 14.9. The number of aromatic nitrogens is 2. The van der Waals surface area contributed by atoms with Crippen LogP contribution in [-0.2, 0) is 20.9 Å². The summed E-state index contributed by atoms with van der Waals surface area (Å²) in [6, 6.07) is 7.50. The van der Waals surface area contributed by atoms with Gasteiger partial charge in [-0.05, 0) is 42.3 Å². The van der Waals surface area contributed by atoms with Crippen LogP contribution >= 0.6 is 0 Å². The van der Waals surface area contributed by atoms with E-state index in [9.17, 15) is 19.5 Å². The highest BCUT2D eigenvalue weighted by Gasteiger charge is 2.62. The Bertz CT molecular complexity index is 1030. The molecule has 9 nitrogen and oxygen atoms in total. The Hall–Kier alpha value is -3.75. The molecule has 2 aliphatic rings. The van der Waals surface area contributed by atoms with Crippen molar-refractivity contribution in [3.63, 3.8) is 0 Å². The Morgan fingerprint density at radius 2 is 2.06 bits per heavy atom. The molecule has 2 amide bonds. The molecule has 2 N–H and O–H groups in total. The zero-order chi connectivity index (χ0) is 22.0. The van der Waals surface area contributed by atoms with Crippen molar-refractivity contribution >= 4 is 24.0 Å². The fourth-order valence-electron chi connectivity index (χ4n) is 4.20. The standard InChI is InChI=1S/C22H22N4O5/c1-22(13-31-21(30)25-12-14-5-8-23-9-6-14)11-17-16(10-15-4-2-3-7-24-15)19(27)26(17)18(22)20(28)29/h2-10,17-18H,11-13H2,1H3,(H,25,30)(H,28,29)/b16-10+/t17?,18-,22-/m0/s1. The molecule has 4 rings (SSSR count). The maximum atomic E-state index is 12.7. The van der Waals surface area contributed by atoms with Gasteiger partial charge in [-0.2, -0.15) is 0 Å². The first kappa shape index (κ1) is 20.5. The summed E-state index contributed by atoms with van der Waals surface area (Å²) in [5.41, 5.74) is 1.11. The van der Waals surface area contributed by atoms with Gasteiger partial charge in [0, 0.05) is 36.1 Å². The highest BCUT2D eigenvalue weighted by molar-refractivity contribution is 6.08. The molecule has 160 valence electrons. The number of hydrogen-bond acceptors (Lipinski definition) is 6. The highest BCUT2D eigenvalue weighted by Crippen LogP contribution is 2.49. The molecule has 2 aliphatic heterocycles. The summed E-state index contributed by atoms with van der Waals surface area (Å²) in [6.07, 6.45) is 6.30. The van der Waals surface area contributed by atoms with E-state index >= 15 is 0 Å². The first-order valence-corrected chi connectivity index (χ1v) is 9.87. The van der Waals surface area contributed by atoms with Gasteiger partial charge < -0.3 is 20.1 Å². The van der Waals surface area contributed by atoms with Crippen LogP contribution in [0, 0.1) is 5.41 Å². The average molecular weight is 422 g/mol. The van der Waals surface area contributed by atoms with Crippen LogP contribution in [0.15, 0.2) is 54.5 Å². The van der Waals surface area contributed by atoms with Gasteiger partial charge in [0.1, 0.15) is 12.6 Å². The number of aliphatic carboxylic acids is 1. The van der Waals surface area contributed by atoms with Crippen molar-refractivity contribution in [2.45, 2.75) is 32.0 Å². The van der Waals surface area contributed by atoms with Gasteiger partial charge in [-0.1, -0.05) is 13.0 Å². The minimum atomic E-state index is -1.11. The third-order valence-electron chi connectivity index (χ3n) is 5.72. The first-order valence-electron chi connectivity index (χ1n) is 9.87. The fourth-order valence-corrected chi connectivity index (χ4v) is 4.20. The minimum absolute atomic E-state index is 0.122. The number of β-lactam (4-membered cyclic amide) rings is 1. The maximum Gasteiger partial charge on any atom is 0.407 e. The second-order valence-corrected chi connectivity index (χ2v) is 7.97. The summed E-state index contributed by atoms with van der Waals surface area (Å²) in [5.74, 6) is -1.44. The van der Waals surface area contributed by atoms with Crippen LogP contribution < -0.4 is 5.32 Å². The van der Waals surface area contributed by atoms with E-state index in [4.69, 9.17) is 4.74 Å². The molecule has 2 aromatic heterocycles. The van der Waals surface area contributed by atoms with E-state index in [-0.39, 0.29) is 25.1 Å². The number of nitrogens with zero attached hydrogens (tertiary/aromatic N) is 3. The molecule has 2 aromatic rings. The second kappa shape index (κ2) is 8.17. The number of carbonyl (C=O) groups excluding carboxylic acids is 2. The lowest BCUT2D eigenvalue weighted by Gasteiger charge is -2.40.